The molecule has 0 spiro atoms. The van der Waals surface area contributed by atoms with E-state index >= 15 is 0 Å². The normalized spacial score (nSPS) is 10.8. The number of anilines is 1. The van der Waals surface area contributed by atoms with Crippen LogP contribution < -0.4 is 10.6 Å². The standard InChI is InChI=1S/C6H7N3O3S/c7-13(11,12)6-3-1-5(2-4-6)8-9-10/h1-4H,(H,8,10)(H2,7,11,12). The minimum Gasteiger partial charge on any atom is -0.242 e. The van der Waals surface area contributed by atoms with E-state index in [2.05, 4.69) is 10.7 Å². The van der Waals surface area contributed by atoms with Gasteiger partial charge >= 0.3 is 0 Å². The first-order valence-corrected chi connectivity index (χ1v) is 4.80. The minimum atomic E-state index is -3.67. The number of nitrogens with two attached hydrogens (primary N) is 1. The molecule has 13 heavy (non-hydrogen) atoms. The van der Waals surface area contributed by atoms with Gasteiger partial charge in [-0.25, -0.2) is 19.0 Å². The van der Waals surface area contributed by atoms with Crippen molar-refractivity contribution in [2.24, 2.45) is 10.4 Å². The Bertz CT molecular complexity index is 398. The summed E-state index contributed by atoms with van der Waals surface area (Å²) < 4.78 is 21.5. The van der Waals surface area contributed by atoms with Gasteiger partial charge in [-0.05, 0) is 24.3 Å². The highest BCUT2D eigenvalue weighted by Gasteiger charge is 2.05. The second-order valence-electron chi connectivity index (χ2n) is 2.27. The number of hydrogen-bond donors (Lipinski definition) is 2. The monoisotopic (exact) mass is 201 g/mol. The van der Waals surface area contributed by atoms with Gasteiger partial charge in [0.1, 0.15) is 0 Å². The van der Waals surface area contributed by atoms with Gasteiger partial charge in [0.2, 0.25) is 10.0 Å². The maximum atomic E-state index is 10.8. The van der Waals surface area contributed by atoms with Crippen molar-refractivity contribution in [3.8, 4) is 0 Å². The molecule has 0 aliphatic carbocycles. The van der Waals surface area contributed by atoms with Crippen LogP contribution in [0.4, 0.5) is 5.69 Å². The fraction of sp³-hybridized carbons (Fsp3) is 0. The number of nitrogens with zero attached hydrogens (tertiary/aromatic N) is 1. The van der Waals surface area contributed by atoms with E-state index < -0.39 is 10.0 Å². The lowest BCUT2D eigenvalue weighted by molar-refractivity contribution is 0.598. The SMILES string of the molecule is NS(=O)(=O)c1ccc(NN=O)cc1. The highest BCUT2D eigenvalue weighted by atomic mass is 32.2. The summed E-state index contributed by atoms with van der Waals surface area (Å²) in [6.45, 7) is 0. The first-order chi connectivity index (χ1) is 6.04. The summed E-state index contributed by atoms with van der Waals surface area (Å²) in [7, 11) is -3.67. The predicted octanol–water partition coefficient (Wildman–Crippen LogP) is 0.427. The zero-order valence-electron chi connectivity index (χ0n) is 6.47. The number of rotatable bonds is 3. The molecular formula is C6H7N3O3S. The summed E-state index contributed by atoms with van der Waals surface area (Å²) in [6, 6.07) is 5.34. The molecule has 6 nitrogen and oxygen atoms in total. The van der Waals surface area contributed by atoms with Crippen LogP contribution in [0.5, 0.6) is 0 Å². The second kappa shape index (κ2) is 3.50. The zero-order chi connectivity index (χ0) is 9.90. The molecule has 3 N–H and O–H groups in total. The van der Waals surface area contributed by atoms with Gasteiger partial charge in [0.05, 0.1) is 15.9 Å². The lowest BCUT2D eigenvalue weighted by atomic mass is 10.3. The molecule has 0 radical (unpaired) electrons. The summed E-state index contributed by atoms with van der Waals surface area (Å²) in [4.78, 5) is 9.74. The van der Waals surface area contributed by atoms with Crippen LogP contribution in [-0.2, 0) is 10.0 Å². The smallest absolute Gasteiger partial charge is 0.238 e. The molecule has 0 aromatic heterocycles. The van der Waals surface area contributed by atoms with Crippen LogP contribution in [0.1, 0.15) is 0 Å². The molecule has 1 aromatic carbocycles. The van der Waals surface area contributed by atoms with Crippen molar-refractivity contribution in [3.63, 3.8) is 0 Å². The molecular weight excluding hydrogens is 194 g/mol. The number of hydrogen-bond acceptors (Lipinski definition) is 4. The topological polar surface area (TPSA) is 102 Å². The molecule has 70 valence electrons. The predicted molar refractivity (Wildman–Crippen MR) is 47.2 cm³/mol. The molecule has 1 aromatic rings. The van der Waals surface area contributed by atoms with Crippen LogP contribution >= 0.6 is 0 Å². The first kappa shape index (κ1) is 9.62. The van der Waals surface area contributed by atoms with Crippen LogP contribution in [0, 0.1) is 4.91 Å². The fourth-order valence-electron chi connectivity index (χ4n) is 0.772. The van der Waals surface area contributed by atoms with E-state index in [1.165, 1.54) is 24.3 Å². The Morgan fingerprint density at radius 1 is 1.23 bits per heavy atom. The van der Waals surface area contributed by atoms with Gasteiger partial charge < -0.3 is 0 Å². The number of nitroso groups, excluding NO2 is 1. The van der Waals surface area contributed by atoms with Gasteiger partial charge in [0, 0.05) is 0 Å². The van der Waals surface area contributed by atoms with E-state index in [1.807, 2.05) is 0 Å². The lowest BCUT2D eigenvalue weighted by Crippen LogP contribution is -2.11. The summed E-state index contributed by atoms with van der Waals surface area (Å²) >= 11 is 0. The third kappa shape index (κ3) is 2.49. The Morgan fingerprint density at radius 2 is 1.77 bits per heavy atom. The van der Waals surface area contributed by atoms with Crippen molar-refractivity contribution >= 4 is 15.7 Å². The molecule has 0 heterocycles. The quantitative estimate of drug-likeness (QED) is 0.546. The van der Waals surface area contributed by atoms with Crippen LogP contribution in [-0.4, -0.2) is 8.42 Å². The zero-order valence-corrected chi connectivity index (χ0v) is 7.28. The van der Waals surface area contributed by atoms with E-state index in [-0.39, 0.29) is 4.90 Å². The maximum Gasteiger partial charge on any atom is 0.238 e. The van der Waals surface area contributed by atoms with Gasteiger partial charge in [-0.2, -0.15) is 0 Å². The molecule has 0 saturated heterocycles. The molecule has 7 heteroatoms. The van der Waals surface area contributed by atoms with E-state index in [0.717, 1.165) is 0 Å². The Hall–Kier alpha value is -1.47. The number of benzene rings is 1. The molecule has 0 atom stereocenters. The fourth-order valence-corrected chi connectivity index (χ4v) is 1.29. The Balaban J connectivity index is 3.01. The summed E-state index contributed by atoms with van der Waals surface area (Å²) in [5, 5.41) is 7.26. The van der Waals surface area contributed by atoms with Crippen LogP contribution in [0.15, 0.2) is 34.4 Å². The second-order valence-corrected chi connectivity index (χ2v) is 3.83. The minimum absolute atomic E-state index is 0.0102. The molecule has 1 rings (SSSR count). The van der Waals surface area contributed by atoms with Crippen molar-refractivity contribution in [1.82, 2.24) is 0 Å². The van der Waals surface area contributed by atoms with Crippen molar-refractivity contribution in [1.29, 1.82) is 0 Å². The molecule has 0 aliphatic heterocycles. The molecule has 0 aliphatic rings. The molecule has 0 bridgehead atoms. The van der Waals surface area contributed by atoms with Gasteiger partial charge in [-0.15, -0.1) is 4.91 Å². The third-order valence-electron chi connectivity index (χ3n) is 1.36. The highest BCUT2D eigenvalue weighted by Crippen LogP contribution is 2.12. The van der Waals surface area contributed by atoms with Crippen molar-refractivity contribution in [3.05, 3.63) is 29.2 Å². The number of nitrogens with one attached hydrogen (secondary N) is 1. The summed E-state index contributed by atoms with van der Waals surface area (Å²) in [6.07, 6.45) is 0. The lowest BCUT2D eigenvalue weighted by Gasteiger charge is -1.99. The van der Waals surface area contributed by atoms with E-state index in [4.69, 9.17) is 5.14 Å². The average molecular weight is 201 g/mol. The summed E-state index contributed by atoms with van der Waals surface area (Å²) in [5.74, 6) is 0. The van der Waals surface area contributed by atoms with Crippen LogP contribution in [0.25, 0.3) is 0 Å². The number of sulfonamides is 1. The Morgan fingerprint density at radius 3 is 2.15 bits per heavy atom. The molecule has 0 saturated carbocycles. The van der Waals surface area contributed by atoms with E-state index in [9.17, 15) is 13.3 Å². The molecule has 0 fully saturated rings. The van der Waals surface area contributed by atoms with E-state index in [1.54, 1.807) is 0 Å². The average Bonchev–Trinajstić information content (AvgIpc) is 2.04. The van der Waals surface area contributed by atoms with Crippen molar-refractivity contribution in [2.75, 3.05) is 5.43 Å². The van der Waals surface area contributed by atoms with Gasteiger partial charge in [-0.1, -0.05) is 0 Å². The van der Waals surface area contributed by atoms with E-state index in [0.29, 0.717) is 5.69 Å². The van der Waals surface area contributed by atoms with Crippen molar-refractivity contribution in [2.45, 2.75) is 4.90 Å². The number of primary sulfonamides is 1. The highest BCUT2D eigenvalue weighted by molar-refractivity contribution is 7.89. The van der Waals surface area contributed by atoms with Crippen molar-refractivity contribution < 1.29 is 8.42 Å². The Kier molecular flexibility index (Phi) is 2.59. The van der Waals surface area contributed by atoms with Crippen LogP contribution in [0.2, 0.25) is 0 Å². The molecule has 0 amide bonds. The third-order valence-corrected chi connectivity index (χ3v) is 2.29. The summed E-state index contributed by atoms with van der Waals surface area (Å²) in [5.41, 5.74) is 2.52. The molecule has 0 unspecified atom stereocenters. The maximum absolute atomic E-state index is 10.8. The van der Waals surface area contributed by atoms with Gasteiger partial charge in [-0.3, -0.25) is 0 Å². The van der Waals surface area contributed by atoms with Gasteiger partial charge in [0.25, 0.3) is 0 Å². The largest absolute Gasteiger partial charge is 0.242 e. The Labute approximate surface area is 74.7 Å². The first-order valence-electron chi connectivity index (χ1n) is 3.25. The van der Waals surface area contributed by atoms with Gasteiger partial charge in [0.15, 0.2) is 0 Å². The van der Waals surface area contributed by atoms with Crippen LogP contribution in [0.3, 0.4) is 0 Å².